The Morgan fingerprint density at radius 1 is 1.00 bits per heavy atom. The summed E-state index contributed by atoms with van der Waals surface area (Å²) in [5.41, 5.74) is 6.74. The van der Waals surface area contributed by atoms with E-state index in [0.717, 1.165) is 44.9 Å². The fourth-order valence-electron chi connectivity index (χ4n) is 4.20. The van der Waals surface area contributed by atoms with Crippen molar-refractivity contribution in [3.8, 4) is 34.2 Å². The molecule has 0 spiro atoms. The van der Waals surface area contributed by atoms with Crippen LogP contribution in [0, 0.1) is 25.2 Å². The van der Waals surface area contributed by atoms with Gasteiger partial charge in [0.15, 0.2) is 0 Å². The molecule has 0 aliphatic rings. The number of nitrogens with zero attached hydrogens (tertiary/aromatic N) is 2. The molecule has 0 fully saturated rings. The van der Waals surface area contributed by atoms with Gasteiger partial charge in [0.1, 0.15) is 16.8 Å². The molecule has 5 nitrogen and oxygen atoms in total. The minimum absolute atomic E-state index is 0.112. The van der Waals surface area contributed by atoms with Crippen molar-refractivity contribution in [2.45, 2.75) is 37.5 Å². The number of carbonyl (C=O) groups excluding carboxylic acids is 1. The molecule has 1 N–H and O–H groups in total. The number of pyridine rings is 1. The van der Waals surface area contributed by atoms with Gasteiger partial charge in [0.2, 0.25) is 5.91 Å². The van der Waals surface area contributed by atoms with Crippen LogP contribution in [0.1, 0.15) is 30.0 Å². The van der Waals surface area contributed by atoms with E-state index in [2.05, 4.69) is 17.5 Å². The number of ether oxygens (including phenoxy) is 1. The molecular formula is C31H29N3O2S. The number of aromatic nitrogens is 1. The van der Waals surface area contributed by atoms with Crippen LogP contribution in [-0.2, 0) is 4.79 Å². The van der Waals surface area contributed by atoms with Crippen LogP contribution in [-0.4, -0.2) is 23.3 Å². The summed E-state index contributed by atoms with van der Waals surface area (Å²) in [5.74, 6) is 0.627. The second-order valence-electron chi connectivity index (χ2n) is 8.82. The highest BCUT2D eigenvalue weighted by atomic mass is 32.2. The SMILES string of the molecule is CCC(Sc1nc(-c2ccccc2)cc(-c2ccc(OC)cc2)c1C#N)C(=O)Nc1cc(C)cc(C)c1. The minimum atomic E-state index is -0.421. The topological polar surface area (TPSA) is 75.0 Å². The summed E-state index contributed by atoms with van der Waals surface area (Å²) in [6.07, 6.45) is 0.585. The maximum atomic E-state index is 13.3. The molecule has 0 bridgehead atoms. The standard InChI is InChI=1S/C31H29N3O2S/c1-5-29(30(35)33-24-16-20(2)15-21(3)17-24)37-31-27(19-32)26(22-11-13-25(36-4)14-12-22)18-28(34-31)23-9-7-6-8-10-23/h6-18,29H,5H2,1-4H3,(H,33,35). The number of amides is 1. The van der Waals surface area contributed by atoms with Gasteiger partial charge >= 0.3 is 0 Å². The van der Waals surface area contributed by atoms with Gasteiger partial charge in [-0.3, -0.25) is 4.79 Å². The Morgan fingerprint density at radius 3 is 2.27 bits per heavy atom. The molecule has 0 aliphatic heterocycles. The van der Waals surface area contributed by atoms with Gasteiger partial charge in [-0.15, -0.1) is 0 Å². The van der Waals surface area contributed by atoms with Crippen molar-refractivity contribution in [2.24, 2.45) is 0 Å². The molecule has 4 aromatic rings. The summed E-state index contributed by atoms with van der Waals surface area (Å²) < 4.78 is 5.31. The Morgan fingerprint density at radius 2 is 1.68 bits per heavy atom. The van der Waals surface area contributed by atoms with Gasteiger partial charge in [-0.1, -0.05) is 67.2 Å². The molecule has 4 rings (SSSR count). The smallest absolute Gasteiger partial charge is 0.237 e. The molecular weight excluding hydrogens is 478 g/mol. The number of nitrogens with one attached hydrogen (secondary N) is 1. The Balaban J connectivity index is 1.75. The van der Waals surface area contributed by atoms with Crippen LogP contribution in [0.5, 0.6) is 5.75 Å². The first-order valence-electron chi connectivity index (χ1n) is 12.1. The first-order valence-corrected chi connectivity index (χ1v) is 13.0. The Kier molecular flexibility index (Phi) is 8.27. The van der Waals surface area contributed by atoms with Crippen molar-refractivity contribution in [1.82, 2.24) is 4.98 Å². The number of nitriles is 1. The normalized spacial score (nSPS) is 11.4. The van der Waals surface area contributed by atoms with Crippen molar-refractivity contribution in [2.75, 3.05) is 12.4 Å². The third-order valence-corrected chi connectivity index (χ3v) is 7.33. The molecule has 1 amide bonds. The average molecular weight is 508 g/mol. The summed E-state index contributed by atoms with van der Waals surface area (Å²) in [7, 11) is 1.62. The zero-order valence-electron chi connectivity index (χ0n) is 21.4. The number of thioether (sulfide) groups is 1. The Bertz CT molecular complexity index is 1420. The second-order valence-corrected chi connectivity index (χ2v) is 10.0. The molecule has 0 saturated heterocycles. The van der Waals surface area contributed by atoms with Crippen LogP contribution in [0.3, 0.4) is 0 Å². The van der Waals surface area contributed by atoms with Gasteiger partial charge in [-0.2, -0.15) is 5.26 Å². The van der Waals surface area contributed by atoms with Crippen molar-refractivity contribution >= 4 is 23.4 Å². The summed E-state index contributed by atoms with van der Waals surface area (Å²) in [4.78, 5) is 18.2. The number of carbonyl (C=O) groups is 1. The van der Waals surface area contributed by atoms with E-state index >= 15 is 0 Å². The van der Waals surface area contributed by atoms with E-state index in [9.17, 15) is 10.1 Å². The molecule has 1 aromatic heterocycles. The summed E-state index contributed by atoms with van der Waals surface area (Å²) in [6, 6.07) is 27.8. The second kappa shape index (κ2) is 11.8. The van der Waals surface area contributed by atoms with E-state index in [1.807, 2.05) is 93.6 Å². The molecule has 37 heavy (non-hydrogen) atoms. The molecule has 1 unspecified atom stereocenters. The Labute approximate surface area is 222 Å². The maximum absolute atomic E-state index is 13.3. The van der Waals surface area contributed by atoms with Crippen LogP contribution < -0.4 is 10.1 Å². The third kappa shape index (κ3) is 6.19. The van der Waals surface area contributed by atoms with Crippen LogP contribution in [0.25, 0.3) is 22.4 Å². The molecule has 3 aromatic carbocycles. The highest BCUT2D eigenvalue weighted by Crippen LogP contribution is 2.37. The average Bonchev–Trinajstić information content (AvgIpc) is 2.91. The van der Waals surface area contributed by atoms with E-state index in [-0.39, 0.29) is 5.91 Å². The number of aryl methyl sites for hydroxylation is 2. The van der Waals surface area contributed by atoms with Crippen molar-refractivity contribution in [3.05, 3.63) is 95.6 Å². The van der Waals surface area contributed by atoms with Crippen molar-refractivity contribution < 1.29 is 9.53 Å². The maximum Gasteiger partial charge on any atom is 0.237 e. The third-order valence-electron chi connectivity index (χ3n) is 5.97. The fourth-order valence-corrected chi connectivity index (χ4v) is 5.22. The highest BCUT2D eigenvalue weighted by Gasteiger charge is 2.23. The first-order chi connectivity index (χ1) is 17.9. The van der Waals surface area contributed by atoms with Crippen LogP contribution >= 0.6 is 11.8 Å². The molecule has 6 heteroatoms. The molecule has 1 heterocycles. The molecule has 1 atom stereocenters. The van der Waals surface area contributed by atoms with Gasteiger partial charge in [0, 0.05) is 16.8 Å². The largest absolute Gasteiger partial charge is 0.497 e. The molecule has 0 radical (unpaired) electrons. The predicted molar refractivity (Wildman–Crippen MR) is 151 cm³/mol. The summed E-state index contributed by atoms with van der Waals surface area (Å²) in [6.45, 7) is 5.98. The van der Waals surface area contributed by atoms with E-state index < -0.39 is 5.25 Å². The summed E-state index contributed by atoms with van der Waals surface area (Å²) >= 11 is 1.33. The number of benzene rings is 3. The van der Waals surface area contributed by atoms with E-state index in [1.165, 1.54) is 11.8 Å². The lowest BCUT2D eigenvalue weighted by Gasteiger charge is -2.18. The van der Waals surface area contributed by atoms with Gasteiger partial charge in [0.25, 0.3) is 0 Å². The number of hydrogen-bond acceptors (Lipinski definition) is 5. The predicted octanol–water partition coefficient (Wildman–Crippen LogP) is 7.42. The number of rotatable bonds is 8. The zero-order valence-corrected chi connectivity index (χ0v) is 22.2. The molecule has 186 valence electrons. The van der Waals surface area contributed by atoms with Crippen LogP contribution in [0.15, 0.2) is 83.9 Å². The minimum Gasteiger partial charge on any atom is -0.497 e. The summed E-state index contributed by atoms with van der Waals surface area (Å²) in [5, 5.41) is 13.4. The first kappa shape index (κ1) is 26.0. The van der Waals surface area contributed by atoms with Gasteiger partial charge in [-0.05, 0) is 67.3 Å². The lowest BCUT2D eigenvalue weighted by Crippen LogP contribution is -2.25. The molecule has 0 saturated carbocycles. The number of anilines is 1. The number of hydrogen-bond donors (Lipinski definition) is 1. The van der Waals surface area contributed by atoms with E-state index in [4.69, 9.17) is 9.72 Å². The molecule has 0 aliphatic carbocycles. The monoisotopic (exact) mass is 507 g/mol. The highest BCUT2D eigenvalue weighted by molar-refractivity contribution is 8.00. The van der Waals surface area contributed by atoms with Gasteiger partial charge in [0.05, 0.1) is 23.6 Å². The zero-order chi connectivity index (χ0) is 26.4. The lowest BCUT2D eigenvalue weighted by molar-refractivity contribution is -0.115. The van der Waals surface area contributed by atoms with Gasteiger partial charge in [-0.25, -0.2) is 4.98 Å². The van der Waals surface area contributed by atoms with Crippen molar-refractivity contribution in [3.63, 3.8) is 0 Å². The Hall–Kier alpha value is -4.08. The van der Waals surface area contributed by atoms with Gasteiger partial charge < -0.3 is 10.1 Å². The lowest BCUT2D eigenvalue weighted by atomic mass is 9.99. The van der Waals surface area contributed by atoms with Crippen LogP contribution in [0.2, 0.25) is 0 Å². The van der Waals surface area contributed by atoms with E-state index in [0.29, 0.717) is 17.0 Å². The van der Waals surface area contributed by atoms with Crippen molar-refractivity contribution in [1.29, 1.82) is 5.26 Å². The van der Waals surface area contributed by atoms with E-state index in [1.54, 1.807) is 7.11 Å². The van der Waals surface area contributed by atoms with Crippen LogP contribution in [0.4, 0.5) is 5.69 Å². The number of methoxy groups -OCH3 is 1. The quantitative estimate of drug-likeness (QED) is 0.251. The fraction of sp³-hybridized carbons (Fsp3) is 0.194.